The zero-order chi connectivity index (χ0) is 22.9. The van der Waals surface area contributed by atoms with Crippen LogP contribution in [0.3, 0.4) is 0 Å². The van der Waals surface area contributed by atoms with E-state index in [1.165, 1.54) is 58.0 Å². The lowest BCUT2D eigenvalue weighted by atomic mass is 9.96. The third-order valence-corrected chi connectivity index (χ3v) is 7.15. The van der Waals surface area contributed by atoms with Crippen molar-refractivity contribution in [2.24, 2.45) is 5.92 Å². The summed E-state index contributed by atoms with van der Waals surface area (Å²) in [5, 5.41) is 3.15. The van der Waals surface area contributed by atoms with Gasteiger partial charge < -0.3 is 19.7 Å². The molecule has 0 bridgehead atoms. The molecule has 33 heavy (non-hydrogen) atoms. The average Bonchev–Trinajstić information content (AvgIpc) is 3.37. The van der Waals surface area contributed by atoms with Crippen LogP contribution in [0.15, 0.2) is 48.5 Å². The van der Waals surface area contributed by atoms with Gasteiger partial charge in [-0.1, -0.05) is 49.6 Å². The highest BCUT2D eigenvalue weighted by Crippen LogP contribution is 2.29. The fraction of sp³-hybridized carbons (Fsp3) is 0.536. The van der Waals surface area contributed by atoms with Crippen molar-refractivity contribution < 1.29 is 14.3 Å². The summed E-state index contributed by atoms with van der Waals surface area (Å²) in [6.45, 7) is 3.56. The van der Waals surface area contributed by atoms with Crippen LogP contribution in [0, 0.1) is 5.92 Å². The Labute approximate surface area is 198 Å². The summed E-state index contributed by atoms with van der Waals surface area (Å²) in [6.07, 6.45) is 10.4. The number of rotatable bonds is 10. The van der Waals surface area contributed by atoms with Gasteiger partial charge in [0.1, 0.15) is 18.1 Å². The van der Waals surface area contributed by atoms with Crippen molar-refractivity contribution in [1.29, 1.82) is 0 Å². The smallest absolute Gasteiger partial charge is 0.255 e. The van der Waals surface area contributed by atoms with Crippen molar-refractivity contribution in [2.45, 2.75) is 64.0 Å². The molecule has 1 atom stereocenters. The van der Waals surface area contributed by atoms with Crippen molar-refractivity contribution >= 4 is 5.91 Å². The van der Waals surface area contributed by atoms with Gasteiger partial charge in [0.05, 0.1) is 12.7 Å². The van der Waals surface area contributed by atoms with Crippen LogP contribution in [0.2, 0.25) is 0 Å². The average molecular weight is 451 g/mol. The number of carbonyl (C=O) groups is 1. The largest absolute Gasteiger partial charge is 0.497 e. The van der Waals surface area contributed by atoms with Gasteiger partial charge in [-0.3, -0.25) is 4.79 Å². The minimum Gasteiger partial charge on any atom is -0.497 e. The lowest BCUT2D eigenvalue weighted by Gasteiger charge is -2.37. The molecule has 1 aliphatic carbocycles. The summed E-state index contributed by atoms with van der Waals surface area (Å²) in [4.78, 5) is 15.8. The van der Waals surface area contributed by atoms with Crippen molar-refractivity contribution in [3.05, 3.63) is 59.7 Å². The fourth-order valence-corrected chi connectivity index (χ4v) is 5.27. The minimum atomic E-state index is -0.102. The molecule has 1 saturated carbocycles. The van der Waals surface area contributed by atoms with E-state index < -0.39 is 0 Å². The second kappa shape index (κ2) is 12.1. The summed E-state index contributed by atoms with van der Waals surface area (Å²) in [5.41, 5.74) is 1.59. The maximum Gasteiger partial charge on any atom is 0.255 e. The number of hydrogen-bond donors (Lipinski definition) is 1. The lowest BCUT2D eigenvalue weighted by Crippen LogP contribution is -2.43. The molecular formula is C28H38N2O3. The van der Waals surface area contributed by atoms with Crippen LogP contribution in [-0.4, -0.2) is 43.6 Å². The molecule has 0 aromatic heterocycles. The van der Waals surface area contributed by atoms with Gasteiger partial charge in [0, 0.05) is 19.1 Å². The molecule has 1 amide bonds. The third kappa shape index (κ3) is 6.73. The Bertz CT molecular complexity index is 880. The van der Waals surface area contributed by atoms with E-state index in [4.69, 9.17) is 9.47 Å². The van der Waals surface area contributed by atoms with E-state index in [0.717, 1.165) is 17.9 Å². The van der Waals surface area contributed by atoms with Crippen LogP contribution in [0.1, 0.15) is 67.3 Å². The predicted molar refractivity (Wildman–Crippen MR) is 132 cm³/mol. The zero-order valence-electron chi connectivity index (χ0n) is 19.9. The molecule has 2 fully saturated rings. The van der Waals surface area contributed by atoms with E-state index in [2.05, 4.69) is 10.2 Å². The molecule has 4 rings (SSSR count). The Kier molecular flexibility index (Phi) is 8.65. The number of likely N-dealkylation sites (tertiary alicyclic amines) is 1. The van der Waals surface area contributed by atoms with E-state index in [9.17, 15) is 4.79 Å². The molecule has 2 aromatic rings. The first-order valence-corrected chi connectivity index (χ1v) is 12.6. The summed E-state index contributed by atoms with van der Waals surface area (Å²) < 4.78 is 11.4. The number of carbonyl (C=O) groups excluding carboxylic acids is 1. The van der Waals surface area contributed by atoms with Gasteiger partial charge in [0.25, 0.3) is 5.91 Å². The van der Waals surface area contributed by atoms with Crippen LogP contribution in [0.4, 0.5) is 0 Å². The van der Waals surface area contributed by atoms with Gasteiger partial charge in [-0.2, -0.15) is 0 Å². The van der Waals surface area contributed by atoms with Crippen LogP contribution >= 0.6 is 0 Å². The number of nitrogens with one attached hydrogen (secondary N) is 1. The van der Waals surface area contributed by atoms with E-state index in [1.54, 1.807) is 13.2 Å². The molecule has 1 saturated heterocycles. The molecule has 5 nitrogen and oxygen atoms in total. The Morgan fingerprint density at radius 3 is 2.61 bits per heavy atom. The summed E-state index contributed by atoms with van der Waals surface area (Å²) in [5.74, 6) is 2.01. The van der Waals surface area contributed by atoms with Crippen molar-refractivity contribution in [3.63, 3.8) is 0 Å². The zero-order valence-corrected chi connectivity index (χ0v) is 19.9. The Hall–Kier alpha value is -2.53. The first-order valence-electron chi connectivity index (χ1n) is 12.6. The highest BCUT2D eigenvalue weighted by Gasteiger charge is 2.26. The predicted octanol–water partition coefficient (Wildman–Crippen LogP) is 5.44. The van der Waals surface area contributed by atoms with Crippen LogP contribution in [0.5, 0.6) is 11.5 Å². The topological polar surface area (TPSA) is 50.8 Å². The molecule has 0 radical (unpaired) electrons. The summed E-state index contributed by atoms with van der Waals surface area (Å²) in [7, 11) is 1.61. The van der Waals surface area contributed by atoms with Gasteiger partial charge in [-0.05, 0) is 68.3 Å². The SMILES string of the molecule is COc1ccc(OCc2ccccc2)c(C(=O)NCCC2CCCCN2CC2CCCC2)c1. The number of hydrogen-bond acceptors (Lipinski definition) is 4. The molecule has 178 valence electrons. The Morgan fingerprint density at radius 1 is 1.03 bits per heavy atom. The fourth-order valence-electron chi connectivity index (χ4n) is 5.27. The molecule has 1 N–H and O–H groups in total. The van der Waals surface area contributed by atoms with E-state index in [0.29, 0.717) is 36.3 Å². The molecule has 5 heteroatoms. The Morgan fingerprint density at radius 2 is 1.82 bits per heavy atom. The maximum atomic E-state index is 13.1. The van der Waals surface area contributed by atoms with Gasteiger partial charge in [0.15, 0.2) is 0 Å². The molecule has 1 aliphatic heterocycles. The molecule has 2 aliphatic rings. The van der Waals surface area contributed by atoms with Crippen LogP contribution in [0.25, 0.3) is 0 Å². The summed E-state index contributed by atoms with van der Waals surface area (Å²) in [6, 6.07) is 16.0. The van der Waals surface area contributed by atoms with E-state index in [-0.39, 0.29) is 5.91 Å². The second-order valence-corrected chi connectivity index (χ2v) is 9.48. The highest BCUT2D eigenvalue weighted by atomic mass is 16.5. The molecule has 1 unspecified atom stereocenters. The Balaban J connectivity index is 1.33. The van der Waals surface area contributed by atoms with Crippen molar-refractivity contribution in [1.82, 2.24) is 10.2 Å². The first kappa shape index (κ1) is 23.6. The van der Waals surface area contributed by atoms with Gasteiger partial charge in [0.2, 0.25) is 0 Å². The summed E-state index contributed by atoms with van der Waals surface area (Å²) >= 11 is 0. The standard InChI is InChI=1S/C28H38N2O3/c1-32-25-14-15-27(33-21-23-11-3-2-4-12-23)26(19-25)28(31)29-17-16-24-13-7-8-18-30(24)20-22-9-5-6-10-22/h2-4,11-12,14-15,19,22,24H,5-10,13,16-18,20-21H2,1H3,(H,29,31). The van der Waals surface area contributed by atoms with E-state index in [1.807, 2.05) is 42.5 Å². The normalized spacial score (nSPS) is 19.4. The number of benzene rings is 2. The van der Waals surface area contributed by atoms with E-state index >= 15 is 0 Å². The number of ether oxygens (including phenoxy) is 2. The van der Waals surface area contributed by atoms with Crippen LogP contribution in [-0.2, 0) is 6.61 Å². The number of piperidine rings is 1. The number of amides is 1. The third-order valence-electron chi connectivity index (χ3n) is 7.15. The minimum absolute atomic E-state index is 0.102. The van der Waals surface area contributed by atoms with Crippen molar-refractivity contribution in [2.75, 3.05) is 26.7 Å². The molecule has 0 spiro atoms. The lowest BCUT2D eigenvalue weighted by molar-refractivity contribution is 0.0926. The van der Waals surface area contributed by atoms with Crippen LogP contribution < -0.4 is 14.8 Å². The van der Waals surface area contributed by atoms with Crippen molar-refractivity contribution in [3.8, 4) is 11.5 Å². The van der Waals surface area contributed by atoms with Gasteiger partial charge in [-0.15, -0.1) is 0 Å². The van der Waals surface area contributed by atoms with Gasteiger partial charge >= 0.3 is 0 Å². The molecular weight excluding hydrogens is 412 g/mol. The first-order chi connectivity index (χ1) is 16.2. The molecule has 2 aromatic carbocycles. The number of nitrogens with zero attached hydrogens (tertiary/aromatic N) is 1. The second-order valence-electron chi connectivity index (χ2n) is 9.48. The highest BCUT2D eigenvalue weighted by molar-refractivity contribution is 5.97. The van der Waals surface area contributed by atoms with Gasteiger partial charge in [-0.25, -0.2) is 0 Å². The molecule has 1 heterocycles. The maximum absolute atomic E-state index is 13.1. The quantitative estimate of drug-likeness (QED) is 0.524. The monoisotopic (exact) mass is 450 g/mol. The number of methoxy groups -OCH3 is 1.